The summed E-state index contributed by atoms with van der Waals surface area (Å²) in [5.41, 5.74) is 8.28. The number of rotatable bonds is 2. The molecule has 0 amide bonds. The Hall–Kier alpha value is -0.770. The molecule has 10 heavy (non-hydrogen) atoms. The van der Waals surface area contributed by atoms with E-state index in [1.807, 2.05) is 0 Å². The van der Waals surface area contributed by atoms with Gasteiger partial charge in [0.15, 0.2) is 0 Å². The van der Waals surface area contributed by atoms with Crippen LogP contribution < -0.4 is 16.5 Å². The zero-order chi connectivity index (χ0) is 7.40. The van der Waals surface area contributed by atoms with Crippen molar-refractivity contribution < 1.29 is 0 Å². The van der Waals surface area contributed by atoms with E-state index in [4.69, 9.17) is 5.73 Å². The molecule has 1 atom stereocenters. The van der Waals surface area contributed by atoms with E-state index in [1.54, 1.807) is 7.05 Å². The van der Waals surface area contributed by atoms with Crippen molar-refractivity contribution in [3.63, 3.8) is 0 Å². The lowest BCUT2D eigenvalue weighted by Gasteiger charge is -2.07. The molecular formula is C6H14N4. The molecule has 58 valence electrons. The molecular weight excluding hydrogens is 128 g/mol. The van der Waals surface area contributed by atoms with Gasteiger partial charge in [0.05, 0.1) is 6.04 Å². The summed E-state index contributed by atoms with van der Waals surface area (Å²) in [6.45, 7) is 1.06. The van der Waals surface area contributed by atoms with Crippen LogP contribution in [-0.4, -0.2) is 25.5 Å². The molecule has 4 nitrogen and oxygen atoms in total. The largest absolute Gasteiger partial charge is 0.384 e. The van der Waals surface area contributed by atoms with E-state index in [1.165, 1.54) is 6.42 Å². The van der Waals surface area contributed by atoms with Crippen molar-refractivity contribution in [2.45, 2.75) is 18.9 Å². The van der Waals surface area contributed by atoms with Gasteiger partial charge in [0.25, 0.3) is 0 Å². The molecule has 1 saturated heterocycles. The predicted molar refractivity (Wildman–Crippen MR) is 41.7 cm³/mol. The van der Waals surface area contributed by atoms with E-state index in [0.29, 0.717) is 11.9 Å². The SMILES string of the molecule is CN/N=C(\N)[C@@H]1CCCN1. The molecule has 0 aliphatic carbocycles. The van der Waals surface area contributed by atoms with E-state index in [-0.39, 0.29) is 0 Å². The summed E-state index contributed by atoms with van der Waals surface area (Å²) in [6.07, 6.45) is 2.31. The summed E-state index contributed by atoms with van der Waals surface area (Å²) >= 11 is 0. The Morgan fingerprint density at radius 3 is 3.10 bits per heavy atom. The Balaban J connectivity index is 2.39. The van der Waals surface area contributed by atoms with E-state index < -0.39 is 0 Å². The minimum atomic E-state index is 0.299. The highest BCUT2D eigenvalue weighted by Gasteiger charge is 2.16. The highest BCUT2D eigenvalue weighted by Crippen LogP contribution is 2.03. The Kier molecular flexibility index (Phi) is 2.50. The molecule has 1 aliphatic heterocycles. The summed E-state index contributed by atoms with van der Waals surface area (Å²) in [5, 5.41) is 7.13. The Bertz CT molecular complexity index is 126. The normalized spacial score (nSPS) is 26.9. The molecule has 0 aromatic heterocycles. The maximum atomic E-state index is 5.61. The molecule has 4 N–H and O–H groups in total. The van der Waals surface area contributed by atoms with Crippen LogP contribution in [0, 0.1) is 0 Å². The van der Waals surface area contributed by atoms with Crippen molar-refractivity contribution in [3.05, 3.63) is 0 Å². The second-order valence-electron chi connectivity index (χ2n) is 2.41. The maximum Gasteiger partial charge on any atom is 0.136 e. The minimum Gasteiger partial charge on any atom is -0.384 e. The number of hydrogen-bond acceptors (Lipinski definition) is 3. The van der Waals surface area contributed by atoms with Crippen LogP contribution >= 0.6 is 0 Å². The molecule has 0 saturated carbocycles. The van der Waals surface area contributed by atoms with Gasteiger partial charge in [0.1, 0.15) is 5.84 Å². The minimum absolute atomic E-state index is 0.299. The van der Waals surface area contributed by atoms with Gasteiger partial charge in [-0.15, -0.1) is 0 Å². The summed E-state index contributed by atoms with van der Waals surface area (Å²) in [4.78, 5) is 0. The summed E-state index contributed by atoms with van der Waals surface area (Å²) in [5.74, 6) is 0.667. The molecule has 1 aliphatic rings. The molecule has 0 spiro atoms. The Labute approximate surface area is 60.9 Å². The van der Waals surface area contributed by atoms with Gasteiger partial charge in [0.2, 0.25) is 0 Å². The van der Waals surface area contributed by atoms with Crippen molar-refractivity contribution >= 4 is 5.84 Å². The fraction of sp³-hybridized carbons (Fsp3) is 0.833. The third-order valence-electron chi connectivity index (χ3n) is 1.66. The van der Waals surface area contributed by atoms with Crippen LogP contribution in [0.25, 0.3) is 0 Å². The number of amidine groups is 1. The van der Waals surface area contributed by atoms with Gasteiger partial charge in [-0.1, -0.05) is 0 Å². The lowest BCUT2D eigenvalue weighted by Crippen LogP contribution is -2.37. The summed E-state index contributed by atoms with van der Waals surface area (Å²) < 4.78 is 0. The van der Waals surface area contributed by atoms with Crippen LogP contribution in [0.1, 0.15) is 12.8 Å². The Morgan fingerprint density at radius 1 is 1.80 bits per heavy atom. The second kappa shape index (κ2) is 3.41. The van der Waals surface area contributed by atoms with Gasteiger partial charge in [-0.2, -0.15) is 5.10 Å². The molecule has 0 aromatic rings. The van der Waals surface area contributed by atoms with Gasteiger partial charge in [-0.05, 0) is 19.4 Å². The van der Waals surface area contributed by atoms with Crippen LogP contribution in [0.4, 0.5) is 0 Å². The quantitative estimate of drug-likeness (QED) is 0.269. The first-order valence-corrected chi connectivity index (χ1v) is 3.58. The van der Waals surface area contributed by atoms with Crippen LogP contribution in [0.2, 0.25) is 0 Å². The monoisotopic (exact) mass is 142 g/mol. The average molecular weight is 142 g/mol. The maximum absolute atomic E-state index is 5.61. The smallest absolute Gasteiger partial charge is 0.136 e. The van der Waals surface area contributed by atoms with E-state index in [0.717, 1.165) is 13.0 Å². The van der Waals surface area contributed by atoms with Crippen LogP contribution in [0.3, 0.4) is 0 Å². The molecule has 4 heteroatoms. The fourth-order valence-corrected chi connectivity index (χ4v) is 1.14. The second-order valence-corrected chi connectivity index (χ2v) is 2.41. The van der Waals surface area contributed by atoms with Crippen molar-refractivity contribution in [2.24, 2.45) is 10.8 Å². The van der Waals surface area contributed by atoms with Gasteiger partial charge < -0.3 is 16.5 Å². The van der Waals surface area contributed by atoms with E-state index >= 15 is 0 Å². The first kappa shape index (κ1) is 7.34. The molecule has 1 heterocycles. The van der Waals surface area contributed by atoms with Crippen LogP contribution in [0.15, 0.2) is 5.10 Å². The molecule has 0 radical (unpaired) electrons. The first-order valence-electron chi connectivity index (χ1n) is 3.58. The molecule has 0 bridgehead atoms. The number of nitrogens with two attached hydrogens (primary N) is 1. The van der Waals surface area contributed by atoms with Crippen molar-refractivity contribution in [1.82, 2.24) is 10.7 Å². The van der Waals surface area contributed by atoms with E-state index in [2.05, 4.69) is 15.8 Å². The number of nitrogens with zero attached hydrogens (tertiary/aromatic N) is 1. The third kappa shape index (κ3) is 1.60. The van der Waals surface area contributed by atoms with E-state index in [9.17, 15) is 0 Å². The predicted octanol–water partition coefficient (Wildman–Crippen LogP) is -0.770. The lowest BCUT2D eigenvalue weighted by molar-refractivity contribution is 0.740. The number of hydrazone groups is 1. The van der Waals surface area contributed by atoms with Crippen molar-refractivity contribution in [3.8, 4) is 0 Å². The van der Waals surface area contributed by atoms with Gasteiger partial charge in [-0.3, -0.25) is 0 Å². The van der Waals surface area contributed by atoms with Gasteiger partial charge in [-0.25, -0.2) is 0 Å². The standard InChI is InChI=1S/C6H14N4/c1-8-10-6(7)5-3-2-4-9-5/h5,8-9H,2-4H2,1H3,(H2,7,10)/t5-/m0/s1. The Morgan fingerprint density at radius 2 is 2.60 bits per heavy atom. The summed E-state index contributed by atoms with van der Waals surface area (Å²) in [7, 11) is 1.75. The lowest BCUT2D eigenvalue weighted by atomic mass is 10.2. The molecule has 1 fully saturated rings. The molecule has 0 aromatic carbocycles. The number of nitrogens with one attached hydrogen (secondary N) is 2. The van der Waals surface area contributed by atoms with Crippen molar-refractivity contribution in [2.75, 3.05) is 13.6 Å². The highest BCUT2D eigenvalue weighted by molar-refractivity contribution is 5.85. The fourth-order valence-electron chi connectivity index (χ4n) is 1.14. The zero-order valence-corrected chi connectivity index (χ0v) is 6.22. The highest BCUT2D eigenvalue weighted by atomic mass is 15.3. The van der Waals surface area contributed by atoms with Crippen molar-refractivity contribution in [1.29, 1.82) is 0 Å². The summed E-state index contributed by atoms with van der Waals surface area (Å²) in [6, 6.07) is 0.299. The topological polar surface area (TPSA) is 62.4 Å². The van der Waals surface area contributed by atoms with Crippen LogP contribution in [0.5, 0.6) is 0 Å². The first-order chi connectivity index (χ1) is 4.84. The van der Waals surface area contributed by atoms with Gasteiger partial charge >= 0.3 is 0 Å². The molecule has 0 unspecified atom stereocenters. The molecule has 1 rings (SSSR count). The zero-order valence-electron chi connectivity index (χ0n) is 6.22. The third-order valence-corrected chi connectivity index (χ3v) is 1.66. The average Bonchev–Trinajstić information content (AvgIpc) is 2.38. The van der Waals surface area contributed by atoms with Crippen LogP contribution in [-0.2, 0) is 0 Å². The number of hydrogen-bond donors (Lipinski definition) is 3. The van der Waals surface area contributed by atoms with Gasteiger partial charge in [0, 0.05) is 7.05 Å².